The van der Waals surface area contributed by atoms with E-state index in [4.69, 9.17) is 16.3 Å². The minimum Gasteiger partial charge on any atom is -0.462 e. The van der Waals surface area contributed by atoms with Crippen molar-refractivity contribution < 1.29 is 17.9 Å². The minimum atomic E-state index is -3.88. The van der Waals surface area contributed by atoms with Crippen molar-refractivity contribution in [3.8, 4) is 5.69 Å². The SMILES string of the molecule is CCOC(=O)c1c(C)n(-c2ccc(C)cc2)c2cc(Cl)c(NS(=O)(=O)c3ccc(C)cc3)cc12. The van der Waals surface area contributed by atoms with Crippen LogP contribution in [0.3, 0.4) is 0 Å². The molecular formula is C26H25ClN2O4S. The zero-order valence-electron chi connectivity index (χ0n) is 19.3. The molecule has 0 bridgehead atoms. The summed E-state index contributed by atoms with van der Waals surface area (Å²) >= 11 is 6.55. The van der Waals surface area contributed by atoms with Crippen molar-refractivity contribution in [2.45, 2.75) is 32.6 Å². The summed E-state index contributed by atoms with van der Waals surface area (Å²) in [4.78, 5) is 13.0. The van der Waals surface area contributed by atoms with Crippen LogP contribution in [0.5, 0.6) is 0 Å². The van der Waals surface area contributed by atoms with Crippen molar-refractivity contribution in [1.29, 1.82) is 0 Å². The highest BCUT2D eigenvalue weighted by atomic mass is 35.5. The van der Waals surface area contributed by atoms with Gasteiger partial charge >= 0.3 is 5.97 Å². The Balaban J connectivity index is 1.90. The maximum absolute atomic E-state index is 13.0. The third kappa shape index (κ3) is 4.41. The van der Waals surface area contributed by atoms with Crippen molar-refractivity contribution in [2.24, 2.45) is 0 Å². The molecule has 1 N–H and O–H groups in total. The van der Waals surface area contributed by atoms with Gasteiger partial charge < -0.3 is 9.30 Å². The number of benzene rings is 3. The van der Waals surface area contributed by atoms with Gasteiger partial charge in [-0.05, 0) is 64.1 Å². The monoisotopic (exact) mass is 496 g/mol. The van der Waals surface area contributed by atoms with Crippen LogP contribution in [0.25, 0.3) is 16.6 Å². The summed E-state index contributed by atoms with van der Waals surface area (Å²) in [6.45, 7) is 7.67. The van der Waals surface area contributed by atoms with Gasteiger partial charge in [0.15, 0.2) is 0 Å². The molecule has 4 rings (SSSR count). The van der Waals surface area contributed by atoms with Gasteiger partial charge in [0, 0.05) is 16.8 Å². The lowest BCUT2D eigenvalue weighted by Gasteiger charge is -2.12. The fourth-order valence-electron chi connectivity index (χ4n) is 3.92. The number of hydrogen-bond acceptors (Lipinski definition) is 4. The topological polar surface area (TPSA) is 77.4 Å². The molecule has 0 aliphatic rings. The summed E-state index contributed by atoms with van der Waals surface area (Å²) in [6, 6.07) is 17.7. The number of esters is 1. The molecule has 0 aliphatic carbocycles. The van der Waals surface area contributed by atoms with Gasteiger partial charge in [0.05, 0.1) is 33.3 Å². The van der Waals surface area contributed by atoms with Crippen LogP contribution in [0.1, 0.15) is 34.1 Å². The van der Waals surface area contributed by atoms with Crippen molar-refractivity contribution >= 4 is 44.2 Å². The van der Waals surface area contributed by atoms with E-state index in [1.165, 1.54) is 12.1 Å². The predicted molar refractivity (Wildman–Crippen MR) is 136 cm³/mol. The number of ether oxygens (including phenoxy) is 1. The van der Waals surface area contributed by atoms with Crippen LogP contribution in [0.4, 0.5) is 5.69 Å². The molecule has 0 unspecified atom stereocenters. The van der Waals surface area contributed by atoms with Crippen LogP contribution < -0.4 is 4.72 Å². The molecule has 0 aliphatic heterocycles. The third-order valence-corrected chi connectivity index (χ3v) is 7.33. The number of rotatable bonds is 6. The zero-order valence-corrected chi connectivity index (χ0v) is 20.9. The number of anilines is 1. The molecular weight excluding hydrogens is 472 g/mol. The summed E-state index contributed by atoms with van der Waals surface area (Å²) in [6.07, 6.45) is 0. The first-order valence-corrected chi connectivity index (χ1v) is 12.7. The number of sulfonamides is 1. The van der Waals surface area contributed by atoms with Crippen LogP contribution in [0.2, 0.25) is 5.02 Å². The van der Waals surface area contributed by atoms with E-state index in [9.17, 15) is 13.2 Å². The van der Waals surface area contributed by atoms with Crippen LogP contribution in [-0.4, -0.2) is 25.6 Å². The number of carbonyl (C=O) groups is 1. The fourth-order valence-corrected chi connectivity index (χ4v) is 5.25. The highest BCUT2D eigenvalue weighted by molar-refractivity contribution is 7.92. The predicted octanol–water partition coefficient (Wildman–Crippen LogP) is 6.19. The van der Waals surface area contributed by atoms with E-state index in [1.807, 2.05) is 49.6 Å². The molecule has 4 aromatic rings. The molecule has 8 heteroatoms. The Morgan fingerprint density at radius 3 is 2.15 bits per heavy atom. The number of fused-ring (bicyclic) bond motifs is 1. The normalized spacial score (nSPS) is 11.6. The molecule has 1 aromatic heterocycles. The summed E-state index contributed by atoms with van der Waals surface area (Å²) in [7, 11) is -3.88. The van der Waals surface area contributed by atoms with Gasteiger partial charge in [-0.2, -0.15) is 0 Å². The standard InChI is InChI=1S/C26H25ClN2O4S/c1-5-33-26(30)25-18(4)29(19-10-6-16(2)7-11-19)24-15-22(27)23(14-21(24)25)28-34(31,32)20-12-8-17(3)9-13-20/h6-15,28H,5H2,1-4H3. The van der Waals surface area contributed by atoms with E-state index >= 15 is 0 Å². The molecule has 0 saturated carbocycles. The molecule has 0 fully saturated rings. The summed E-state index contributed by atoms with van der Waals surface area (Å²) < 4.78 is 35.8. The summed E-state index contributed by atoms with van der Waals surface area (Å²) in [5.41, 5.74) is 4.80. The summed E-state index contributed by atoms with van der Waals surface area (Å²) in [5.74, 6) is -0.481. The number of aryl methyl sites for hydroxylation is 2. The smallest absolute Gasteiger partial charge is 0.340 e. The van der Waals surface area contributed by atoms with Gasteiger partial charge in [-0.25, -0.2) is 13.2 Å². The number of hydrogen-bond donors (Lipinski definition) is 1. The molecule has 0 amide bonds. The van der Waals surface area contributed by atoms with E-state index < -0.39 is 16.0 Å². The quantitative estimate of drug-likeness (QED) is 0.323. The molecule has 0 spiro atoms. The molecule has 0 atom stereocenters. The van der Waals surface area contributed by atoms with Crippen LogP contribution >= 0.6 is 11.6 Å². The highest BCUT2D eigenvalue weighted by Gasteiger charge is 2.24. The lowest BCUT2D eigenvalue weighted by Crippen LogP contribution is -2.13. The average Bonchev–Trinajstić information content (AvgIpc) is 3.05. The first kappa shape index (κ1) is 23.9. The van der Waals surface area contributed by atoms with Gasteiger partial charge in [0.25, 0.3) is 10.0 Å². The van der Waals surface area contributed by atoms with Gasteiger partial charge in [-0.15, -0.1) is 0 Å². The molecule has 0 radical (unpaired) electrons. The van der Waals surface area contributed by atoms with Crippen LogP contribution in [0.15, 0.2) is 65.6 Å². The van der Waals surface area contributed by atoms with Gasteiger partial charge in [-0.1, -0.05) is 47.0 Å². The number of carbonyl (C=O) groups excluding carboxylic acids is 1. The zero-order chi connectivity index (χ0) is 24.6. The first-order chi connectivity index (χ1) is 16.1. The van der Waals surface area contributed by atoms with Crippen molar-refractivity contribution in [1.82, 2.24) is 4.57 Å². The van der Waals surface area contributed by atoms with E-state index in [1.54, 1.807) is 31.2 Å². The van der Waals surface area contributed by atoms with E-state index in [0.717, 1.165) is 16.8 Å². The molecule has 1 heterocycles. The number of halogens is 1. The van der Waals surface area contributed by atoms with Crippen molar-refractivity contribution in [2.75, 3.05) is 11.3 Å². The second-order valence-corrected chi connectivity index (χ2v) is 10.2. The fraction of sp³-hybridized carbons (Fsp3) is 0.192. The Labute approximate surface area is 204 Å². The van der Waals surface area contributed by atoms with Crippen LogP contribution in [-0.2, 0) is 14.8 Å². The summed E-state index contributed by atoms with van der Waals surface area (Å²) in [5, 5.41) is 0.756. The Hall–Kier alpha value is -3.29. The number of nitrogens with zero attached hydrogens (tertiary/aromatic N) is 1. The maximum Gasteiger partial charge on any atom is 0.340 e. The molecule has 6 nitrogen and oxygen atoms in total. The molecule has 0 saturated heterocycles. The Bertz CT molecular complexity index is 1490. The van der Waals surface area contributed by atoms with E-state index in [2.05, 4.69) is 4.72 Å². The van der Waals surface area contributed by atoms with Gasteiger partial charge in [0.2, 0.25) is 0 Å². The molecule has 34 heavy (non-hydrogen) atoms. The van der Waals surface area contributed by atoms with Crippen molar-refractivity contribution in [3.63, 3.8) is 0 Å². The van der Waals surface area contributed by atoms with Crippen LogP contribution in [0, 0.1) is 20.8 Å². The lowest BCUT2D eigenvalue weighted by molar-refractivity contribution is 0.0527. The highest BCUT2D eigenvalue weighted by Crippen LogP contribution is 2.36. The minimum absolute atomic E-state index is 0.119. The average molecular weight is 497 g/mol. The Morgan fingerprint density at radius 2 is 1.56 bits per heavy atom. The molecule has 3 aromatic carbocycles. The Kier molecular flexibility index (Phi) is 6.43. The van der Waals surface area contributed by atoms with E-state index in [0.29, 0.717) is 22.2 Å². The second-order valence-electron chi connectivity index (χ2n) is 8.12. The number of nitrogens with one attached hydrogen (secondary N) is 1. The third-order valence-electron chi connectivity index (χ3n) is 5.64. The molecule has 176 valence electrons. The van der Waals surface area contributed by atoms with Crippen molar-refractivity contribution in [3.05, 3.63) is 88.1 Å². The maximum atomic E-state index is 13.0. The van der Waals surface area contributed by atoms with Gasteiger partial charge in [-0.3, -0.25) is 4.72 Å². The lowest BCUT2D eigenvalue weighted by atomic mass is 10.1. The largest absolute Gasteiger partial charge is 0.462 e. The first-order valence-electron chi connectivity index (χ1n) is 10.8. The van der Waals surface area contributed by atoms with Gasteiger partial charge in [0.1, 0.15) is 0 Å². The van der Waals surface area contributed by atoms with E-state index in [-0.39, 0.29) is 22.2 Å². The second kappa shape index (κ2) is 9.16. The Morgan fingerprint density at radius 1 is 0.971 bits per heavy atom. The number of aromatic nitrogens is 1.